The van der Waals surface area contributed by atoms with Gasteiger partial charge >= 0.3 is 5.97 Å². The molecule has 0 atom stereocenters. The highest BCUT2D eigenvalue weighted by Gasteiger charge is 2.24. The van der Waals surface area contributed by atoms with Gasteiger partial charge in [0.1, 0.15) is 0 Å². The SMILES string of the molecule is O=C(O)c1ccccc1N1CCN(Cc2c[nH]cn2)c2ccccc2S1. The summed E-state index contributed by atoms with van der Waals surface area (Å²) in [6.07, 6.45) is 3.58. The highest BCUT2D eigenvalue weighted by atomic mass is 32.2. The van der Waals surface area contributed by atoms with Crippen molar-refractivity contribution in [2.75, 3.05) is 22.3 Å². The second kappa shape index (κ2) is 7.13. The van der Waals surface area contributed by atoms with Crippen molar-refractivity contribution in [3.8, 4) is 0 Å². The number of aromatic carboxylic acids is 1. The van der Waals surface area contributed by atoms with Gasteiger partial charge in [-0.05, 0) is 36.2 Å². The second-order valence-corrected chi connectivity index (χ2v) is 7.03. The largest absolute Gasteiger partial charge is 0.478 e. The Morgan fingerprint density at radius 1 is 1.12 bits per heavy atom. The van der Waals surface area contributed by atoms with E-state index in [0.29, 0.717) is 18.7 Å². The number of nitrogens with one attached hydrogen (secondary N) is 1. The number of carboxylic acid groups (broad SMARTS) is 1. The van der Waals surface area contributed by atoms with E-state index in [9.17, 15) is 9.90 Å². The zero-order valence-corrected chi connectivity index (χ0v) is 14.8. The molecule has 26 heavy (non-hydrogen) atoms. The Balaban J connectivity index is 1.68. The van der Waals surface area contributed by atoms with Gasteiger partial charge in [-0.2, -0.15) is 0 Å². The van der Waals surface area contributed by atoms with E-state index < -0.39 is 5.97 Å². The summed E-state index contributed by atoms with van der Waals surface area (Å²) >= 11 is 1.58. The molecule has 0 bridgehead atoms. The Kier molecular flexibility index (Phi) is 4.53. The topological polar surface area (TPSA) is 72.5 Å². The first-order chi connectivity index (χ1) is 12.7. The van der Waals surface area contributed by atoms with E-state index in [1.807, 2.05) is 30.5 Å². The molecule has 2 aromatic carbocycles. The lowest BCUT2D eigenvalue weighted by Gasteiger charge is -2.24. The van der Waals surface area contributed by atoms with Crippen LogP contribution in [-0.4, -0.2) is 34.1 Å². The van der Waals surface area contributed by atoms with Crippen molar-refractivity contribution in [2.24, 2.45) is 0 Å². The van der Waals surface area contributed by atoms with Crippen LogP contribution in [0, 0.1) is 0 Å². The zero-order chi connectivity index (χ0) is 17.9. The normalized spacial score (nSPS) is 14.0. The maximum absolute atomic E-state index is 11.6. The zero-order valence-electron chi connectivity index (χ0n) is 14.0. The van der Waals surface area contributed by atoms with Gasteiger partial charge in [-0.3, -0.25) is 0 Å². The minimum atomic E-state index is -0.910. The van der Waals surface area contributed by atoms with Crippen molar-refractivity contribution in [1.82, 2.24) is 9.97 Å². The van der Waals surface area contributed by atoms with E-state index in [1.54, 1.807) is 30.4 Å². The molecule has 0 radical (unpaired) electrons. The third-order valence-corrected chi connectivity index (χ3v) is 5.44. The fraction of sp³-hybridized carbons (Fsp3) is 0.158. The number of para-hydroxylation sites is 2. The number of hydrogen-bond donors (Lipinski definition) is 2. The number of aromatic nitrogens is 2. The predicted molar refractivity (Wildman–Crippen MR) is 103 cm³/mol. The molecule has 0 fully saturated rings. The molecule has 4 rings (SSSR count). The van der Waals surface area contributed by atoms with Crippen LogP contribution >= 0.6 is 11.9 Å². The fourth-order valence-electron chi connectivity index (χ4n) is 3.07. The van der Waals surface area contributed by atoms with Gasteiger partial charge in [0, 0.05) is 19.3 Å². The van der Waals surface area contributed by atoms with Crippen LogP contribution in [0.2, 0.25) is 0 Å². The van der Waals surface area contributed by atoms with Crippen LogP contribution in [0.25, 0.3) is 0 Å². The summed E-state index contributed by atoms with van der Waals surface area (Å²) in [5.41, 5.74) is 3.15. The van der Waals surface area contributed by atoms with Gasteiger partial charge in [0.2, 0.25) is 0 Å². The van der Waals surface area contributed by atoms with E-state index in [0.717, 1.165) is 28.5 Å². The number of carboxylic acids is 1. The average molecular weight is 366 g/mol. The number of fused-ring (bicyclic) bond motifs is 1. The Hall–Kier alpha value is -2.93. The smallest absolute Gasteiger partial charge is 0.337 e. The molecule has 0 amide bonds. The number of benzene rings is 2. The number of imidazole rings is 1. The number of H-pyrrole nitrogens is 1. The first kappa shape index (κ1) is 16.5. The van der Waals surface area contributed by atoms with Crippen LogP contribution in [-0.2, 0) is 6.54 Å². The summed E-state index contributed by atoms with van der Waals surface area (Å²) in [5, 5.41) is 9.53. The van der Waals surface area contributed by atoms with E-state index in [2.05, 4.69) is 31.3 Å². The van der Waals surface area contributed by atoms with E-state index in [-0.39, 0.29) is 0 Å². The molecule has 0 spiro atoms. The van der Waals surface area contributed by atoms with Crippen molar-refractivity contribution in [3.05, 3.63) is 72.3 Å². The van der Waals surface area contributed by atoms with Crippen molar-refractivity contribution in [3.63, 3.8) is 0 Å². The molecular weight excluding hydrogens is 348 g/mol. The van der Waals surface area contributed by atoms with E-state index >= 15 is 0 Å². The summed E-state index contributed by atoms with van der Waals surface area (Å²) < 4.78 is 2.06. The van der Waals surface area contributed by atoms with Gasteiger partial charge in [-0.15, -0.1) is 0 Å². The lowest BCUT2D eigenvalue weighted by atomic mass is 10.2. The summed E-state index contributed by atoms with van der Waals surface area (Å²) in [7, 11) is 0. The Labute approximate surface area is 155 Å². The Morgan fingerprint density at radius 3 is 2.65 bits per heavy atom. The summed E-state index contributed by atoms with van der Waals surface area (Å²) in [5.74, 6) is -0.910. The number of aromatic amines is 1. The molecule has 0 saturated carbocycles. The van der Waals surface area contributed by atoms with Gasteiger partial charge in [0.15, 0.2) is 0 Å². The van der Waals surface area contributed by atoms with Gasteiger partial charge in [0.25, 0.3) is 0 Å². The third-order valence-electron chi connectivity index (χ3n) is 4.30. The molecule has 6 nitrogen and oxygen atoms in total. The number of nitrogens with zero attached hydrogens (tertiary/aromatic N) is 3. The molecule has 0 aliphatic carbocycles. The first-order valence-corrected chi connectivity index (χ1v) is 9.09. The molecule has 2 heterocycles. The van der Waals surface area contributed by atoms with E-state index in [4.69, 9.17) is 0 Å². The number of rotatable bonds is 4. The molecule has 7 heteroatoms. The molecule has 1 aliphatic rings. The predicted octanol–water partition coefficient (Wildman–Crippen LogP) is 3.64. The molecule has 1 aromatic heterocycles. The monoisotopic (exact) mass is 366 g/mol. The van der Waals surface area contributed by atoms with Crippen molar-refractivity contribution < 1.29 is 9.90 Å². The van der Waals surface area contributed by atoms with E-state index in [1.165, 1.54) is 0 Å². The molecule has 132 valence electrons. The van der Waals surface area contributed by atoms with Crippen LogP contribution in [0.4, 0.5) is 11.4 Å². The summed E-state index contributed by atoms with van der Waals surface area (Å²) in [4.78, 5) is 22.3. The summed E-state index contributed by atoms with van der Waals surface area (Å²) in [6.45, 7) is 2.17. The highest BCUT2D eigenvalue weighted by molar-refractivity contribution is 8.00. The van der Waals surface area contributed by atoms with Crippen LogP contribution in [0.5, 0.6) is 0 Å². The van der Waals surface area contributed by atoms with Crippen molar-refractivity contribution in [2.45, 2.75) is 11.4 Å². The first-order valence-electron chi connectivity index (χ1n) is 8.32. The fourth-order valence-corrected chi connectivity index (χ4v) is 4.17. The second-order valence-electron chi connectivity index (χ2n) is 5.97. The highest BCUT2D eigenvalue weighted by Crippen LogP contribution is 2.39. The molecule has 0 unspecified atom stereocenters. The average Bonchev–Trinajstić information content (AvgIpc) is 3.10. The lowest BCUT2D eigenvalue weighted by molar-refractivity contribution is 0.0698. The molecule has 0 saturated heterocycles. The minimum Gasteiger partial charge on any atom is -0.478 e. The van der Waals surface area contributed by atoms with Crippen LogP contribution in [0.1, 0.15) is 16.1 Å². The standard InChI is InChI=1S/C19H18N4O2S/c24-19(25)15-5-1-2-6-16(15)23-10-9-22(12-14-11-20-13-21-14)17-7-3-4-8-18(17)26-23/h1-8,11,13H,9-10,12H2,(H,20,21)(H,24,25). The van der Waals surface area contributed by atoms with Gasteiger partial charge < -0.3 is 19.3 Å². The minimum absolute atomic E-state index is 0.318. The van der Waals surface area contributed by atoms with Gasteiger partial charge in [-0.25, -0.2) is 9.78 Å². The quantitative estimate of drug-likeness (QED) is 0.687. The van der Waals surface area contributed by atoms with Gasteiger partial charge in [0.05, 0.1) is 40.4 Å². The number of hydrogen-bond acceptors (Lipinski definition) is 5. The number of anilines is 2. The van der Waals surface area contributed by atoms with Crippen molar-refractivity contribution >= 4 is 29.3 Å². The summed E-state index contributed by atoms with van der Waals surface area (Å²) in [6, 6.07) is 15.3. The Bertz CT molecular complexity index is 913. The maximum Gasteiger partial charge on any atom is 0.337 e. The van der Waals surface area contributed by atoms with Crippen molar-refractivity contribution in [1.29, 1.82) is 0 Å². The number of carbonyl (C=O) groups is 1. The molecular formula is C19H18N4O2S. The Morgan fingerprint density at radius 2 is 1.88 bits per heavy atom. The lowest BCUT2D eigenvalue weighted by Crippen LogP contribution is -2.30. The molecule has 3 aromatic rings. The third kappa shape index (κ3) is 3.25. The molecule has 2 N–H and O–H groups in total. The van der Waals surface area contributed by atoms with Crippen LogP contribution in [0.3, 0.4) is 0 Å². The van der Waals surface area contributed by atoms with Gasteiger partial charge in [-0.1, -0.05) is 24.3 Å². The maximum atomic E-state index is 11.6. The van der Waals surface area contributed by atoms with Crippen LogP contribution < -0.4 is 9.21 Å². The molecule has 1 aliphatic heterocycles. The van der Waals surface area contributed by atoms with Crippen LogP contribution in [0.15, 0.2) is 66.0 Å².